The molecule has 0 spiro atoms. The van der Waals surface area contributed by atoms with Gasteiger partial charge in [0.2, 0.25) is 0 Å². The maximum atomic E-state index is 13.4. The lowest BCUT2D eigenvalue weighted by Gasteiger charge is -2.38. The maximum Gasteiger partial charge on any atom is 0.258 e. The second kappa shape index (κ2) is 10.1. The fourth-order valence-corrected chi connectivity index (χ4v) is 3.88. The SMILES string of the molecule is C[C@@H]1CN([C@H](C)CO)C(=O)c2cc(N(C)C)ccc2O[C@@H]1CN(C)Cc1ccncc1. The number of anilines is 1. The van der Waals surface area contributed by atoms with Crippen LogP contribution in [-0.2, 0) is 6.54 Å². The van der Waals surface area contributed by atoms with Gasteiger partial charge in [-0.05, 0) is 49.9 Å². The molecule has 2 aromatic rings. The predicted molar refractivity (Wildman–Crippen MR) is 123 cm³/mol. The maximum absolute atomic E-state index is 13.4. The molecule has 7 nitrogen and oxygen atoms in total. The predicted octanol–water partition coefficient (Wildman–Crippen LogP) is 2.50. The average Bonchev–Trinajstić information content (AvgIpc) is 2.75. The Kier molecular flexibility index (Phi) is 7.51. The summed E-state index contributed by atoms with van der Waals surface area (Å²) in [5, 5.41) is 9.77. The average molecular weight is 427 g/mol. The molecule has 0 saturated heterocycles. The van der Waals surface area contributed by atoms with Gasteiger partial charge in [-0.2, -0.15) is 0 Å². The molecular weight excluding hydrogens is 392 g/mol. The van der Waals surface area contributed by atoms with E-state index in [4.69, 9.17) is 4.74 Å². The Morgan fingerprint density at radius 3 is 2.58 bits per heavy atom. The number of aliphatic hydroxyl groups is 1. The smallest absolute Gasteiger partial charge is 0.258 e. The monoisotopic (exact) mass is 426 g/mol. The van der Waals surface area contributed by atoms with Crippen molar-refractivity contribution in [2.75, 3.05) is 45.7 Å². The lowest BCUT2D eigenvalue weighted by Crippen LogP contribution is -2.49. The quantitative estimate of drug-likeness (QED) is 0.734. The van der Waals surface area contributed by atoms with Crippen LogP contribution in [0.25, 0.3) is 0 Å². The van der Waals surface area contributed by atoms with Crippen molar-refractivity contribution in [1.82, 2.24) is 14.8 Å². The largest absolute Gasteiger partial charge is 0.488 e. The number of carbonyl (C=O) groups is 1. The minimum absolute atomic E-state index is 0.0748. The van der Waals surface area contributed by atoms with Crippen molar-refractivity contribution >= 4 is 11.6 Å². The molecule has 2 heterocycles. The Bertz CT molecular complexity index is 874. The molecule has 0 bridgehead atoms. The van der Waals surface area contributed by atoms with E-state index in [1.54, 1.807) is 17.3 Å². The van der Waals surface area contributed by atoms with E-state index in [9.17, 15) is 9.90 Å². The highest BCUT2D eigenvalue weighted by Crippen LogP contribution is 2.31. The number of hydrogen-bond acceptors (Lipinski definition) is 6. The van der Waals surface area contributed by atoms with Crippen molar-refractivity contribution < 1.29 is 14.6 Å². The third kappa shape index (κ3) is 5.54. The zero-order chi connectivity index (χ0) is 22.5. The van der Waals surface area contributed by atoms with Crippen molar-refractivity contribution in [3.8, 4) is 5.75 Å². The summed E-state index contributed by atoms with van der Waals surface area (Å²) in [5.41, 5.74) is 2.67. The number of ether oxygens (including phenoxy) is 1. The Morgan fingerprint density at radius 1 is 1.23 bits per heavy atom. The van der Waals surface area contributed by atoms with E-state index in [1.165, 1.54) is 5.56 Å². The molecule has 0 radical (unpaired) electrons. The fourth-order valence-electron chi connectivity index (χ4n) is 3.88. The van der Waals surface area contributed by atoms with Crippen LogP contribution < -0.4 is 9.64 Å². The Balaban J connectivity index is 1.89. The third-order valence-corrected chi connectivity index (χ3v) is 5.86. The number of likely N-dealkylation sites (N-methyl/N-ethyl adjacent to an activating group) is 1. The summed E-state index contributed by atoms with van der Waals surface area (Å²) < 4.78 is 6.44. The van der Waals surface area contributed by atoms with E-state index >= 15 is 0 Å². The van der Waals surface area contributed by atoms with Gasteiger partial charge >= 0.3 is 0 Å². The summed E-state index contributed by atoms with van der Waals surface area (Å²) in [6, 6.07) is 9.50. The molecule has 1 aliphatic rings. The number of aliphatic hydroxyl groups excluding tert-OH is 1. The lowest BCUT2D eigenvalue weighted by molar-refractivity contribution is 0.0341. The summed E-state index contributed by atoms with van der Waals surface area (Å²) in [6.07, 6.45) is 3.50. The molecule has 0 saturated carbocycles. The lowest BCUT2D eigenvalue weighted by atomic mass is 9.99. The van der Waals surface area contributed by atoms with Crippen molar-refractivity contribution in [2.45, 2.75) is 32.5 Å². The normalized spacial score (nSPS) is 20.0. The van der Waals surface area contributed by atoms with Crippen molar-refractivity contribution in [1.29, 1.82) is 0 Å². The van der Waals surface area contributed by atoms with Crippen LogP contribution in [-0.4, -0.2) is 78.8 Å². The van der Waals surface area contributed by atoms with Crippen molar-refractivity contribution in [3.63, 3.8) is 0 Å². The number of nitrogens with zero attached hydrogens (tertiary/aromatic N) is 4. The zero-order valence-electron chi connectivity index (χ0n) is 19.2. The second-order valence-electron chi connectivity index (χ2n) is 8.75. The molecule has 1 N–H and O–H groups in total. The summed E-state index contributed by atoms with van der Waals surface area (Å²) in [7, 11) is 5.97. The highest BCUT2D eigenvalue weighted by Gasteiger charge is 2.33. The van der Waals surface area contributed by atoms with E-state index in [1.807, 2.05) is 56.3 Å². The van der Waals surface area contributed by atoms with Gasteiger partial charge in [-0.25, -0.2) is 0 Å². The molecule has 3 atom stereocenters. The Morgan fingerprint density at radius 2 is 1.94 bits per heavy atom. The van der Waals surface area contributed by atoms with Crippen LogP contribution in [0.2, 0.25) is 0 Å². The van der Waals surface area contributed by atoms with Crippen LogP contribution >= 0.6 is 0 Å². The highest BCUT2D eigenvalue weighted by atomic mass is 16.5. The molecule has 1 aromatic heterocycles. The summed E-state index contributed by atoms with van der Waals surface area (Å²) >= 11 is 0. The number of hydrogen-bond donors (Lipinski definition) is 1. The number of pyridine rings is 1. The number of benzene rings is 1. The molecule has 0 fully saturated rings. The first kappa shape index (κ1) is 23.0. The number of aromatic nitrogens is 1. The van der Waals surface area contributed by atoms with Gasteiger partial charge in [-0.15, -0.1) is 0 Å². The molecule has 1 amide bonds. The first-order valence-corrected chi connectivity index (χ1v) is 10.8. The standard InChI is InChI=1S/C24H34N4O3/c1-17-13-28(18(2)16-29)24(30)21-12-20(26(3)4)6-7-22(21)31-23(17)15-27(5)14-19-8-10-25-11-9-19/h6-12,17-18,23,29H,13-16H2,1-5H3/t17-,18-,23-/m1/s1. The first-order chi connectivity index (χ1) is 14.8. The van der Waals surface area contributed by atoms with Gasteiger partial charge in [0.15, 0.2) is 0 Å². The second-order valence-corrected chi connectivity index (χ2v) is 8.75. The van der Waals surface area contributed by atoms with Gasteiger partial charge in [-0.1, -0.05) is 6.92 Å². The van der Waals surface area contributed by atoms with Crippen LogP contribution in [0, 0.1) is 5.92 Å². The van der Waals surface area contributed by atoms with Gasteiger partial charge in [0, 0.05) is 57.7 Å². The molecule has 31 heavy (non-hydrogen) atoms. The van der Waals surface area contributed by atoms with Crippen LogP contribution in [0.15, 0.2) is 42.7 Å². The molecule has 168 valence electrons. The van der Waals surface area contributed by atoms with Gasteiger partial charge in [0.05, 0.1) is 18.2 Å². The molecule has 0 aliphatic carbocycles. The number of rotatable bonds is 7. The first-order valence-electron chi connectivity index (χ1n) is 10.8. The fraction of sp³-hybridized carbons (Fsp3) is 0.500. The van der Waals surface area contributed by atoms with E-state index in [-0.39, 0.29) is 30.6 Å². The van der Waals surface area contributed by atoms with Crippen LogP contribution in [0.4, 0.5) is 5.69 Å². The number of amides is 1. The van der Waals surface area contributed by atoms with Crippen LogP contribution in [0.1, 0.15) is 29.8 Å². The van der Waals surface area contributed by atoms with Gasteiger partial charge < -0.3 is 19.6 Å². The summed E-state index contributed by atoms with van der Waals surface area (Å²) in [6.45, 7) is 5.95. The molecule has 0 unspecified atom stereocenters. The minimum Gasteiger partial charge on any atom is -0.488 e. The summed E-state index contributed by atoms with van der Waals surface area (Å²) in [5.74, 6) is 0.592. The van der Waals surface area contributed by atoms with Gasteiger partial charge in [0.25, 0.3) is 5.91 Å². The van der Waals surface area contributed by atoms with E-state index < -0.39 is 0 Å². The zero-order valence-corrected chi connectivity index (χ0v) is 19.2. The highest BCUT2D eigenvalue weighted by molar-refractivity contribution is 5.98. The molecule has 3 rings (SSSR count). The van der Waals surface area contributed by atoms with Crippen molar-refractivity contribution in [2.24, 2.45) is 5.92 Å². The van der Waals surface area contributed by atoms with Crippen molar-refractivity contribution in [3.05, 3.63) is 53.9 Å². The topological polar surface area (TPSA) is 69.1 Å². The molecule has 1 aliphatic heterocycles. The Labute approximate surface area is 185 Å². The number of fused-ring (bicyclic) bond motifs is 1. The molecule has 7 heteroatoms. The van der Waals surface area contributed by atoms with E-state index in [2.05, 4.69) is 23.9 Å². The van der Waals surface area contributed by atoms with E-state index in [0.29, 0.717) is 24.4 Å². The molecule has 1 aromatic carbocycles. The van der Waals surface area contributed by atoms with Gasteiger partial charge in [0.1, 0.15) is 11.9 Å². The summed E-state index contributed by atoms with van der Waals surface area (Å²) in [4.78, 5) is 23.4. The van der Waals surface area contributed by atoms with Gasteiger partial charge in [-0.3, -0.25) is 14.7 Å². The number of carbonyl (C=O) groups excluding carboxylic acids is 1. The third-order valence-electron chi connectivity index (χ3n) is 5.86. The van der Waals surface area contributed by atoms with Crippen LogP contribution in [0.5, 0.6) is 5.75 Å². The molecular formula is C24H34N4O3. The minimum atomic E-state index is -0.265. The van der Waals surface area contributed by atoms with E-state index in [0.717, 1.165) is 12.2 Å². The Hall–Kier alpha value is -2.64. The van der Waals surface area contributed by atoms with Crippen LogP contribution in [0.3, 0.4) is 0 Å².